The number of para-hydroxylation sites is 2. The monoisotopic (exact) mass is 412 g/mol. The Morgan fingerprint density at radius 1 is 1.21 bits per heavy atom. The minimum absolute atomic E-state index is 0.0190. The van der Waals surface area contributed by atoms with Crippen LogP contribution < -0.4 is 9.47 Å². The average molecular weight is 412 g/mol. The molecule has 0 atom stereocenters. The molecule has 4 rings (SSSR count). The minimum atomic E-state index is -0.652. The van der Waals surface area contributed by atoms with Crippen molar-refractivity contribution in [3.05, 3.63) is 54.0 Å². The number of hydrogen-bond acceptors (Lipinski definition) is 7. The molecule has 2 N–H and O–H groups in total. The van der Waals surface area contributed by atoms with E-state index >= 15 is 0 Å². The lowest BCUT2D eigenvalue weighted by Gasteiger charge is -2.10. The smallest absolute Gasteiger partial charge is 0.345 e. The SMILES string of the molecule is COC(=O)C(=C(O)CSc1ccc2c(c1)OCCCO2)c1nc2ccccc2[nH]1. The normalized spacial score (nSPS) is 14.2. The molecule has 0 aliphatic carbocycles. The van der Waals surface area contributed by atoms with Crippen molar-refractivity contribution in [3.63, 3.8) is 0 Å². The topological polar surface area (TPSA) is 93.7 Å². The lowest BCUT2D eigenvalue weighted by Crippen LogP contribution is -2.09. The predicted molar refractivity (Wildman–Crippen MR) is 110 cm³/mol. The van der Waals surface area contributed by atoms with E-state index in [-0.39, 0.29) is 22.9 Å². The van der Waals surface area contributed by atoms with Crippen LogP contribution >= 0.6 is 11.8 Å². The van der Waals surface area contributed by atoms with Crippen LogP contribution in [0.4, 0.5) is 0 Å². The molecule has 150 valence electrons. The summed E-state index contributed by atoms with van der Waals surface area (Å²) >= 11 is 1.37. The van der Waals surface area contributed by atoms with E-state index in [1.807, 2.05) is 42.5 Å². The molecule has 0 amide bonds. The molecular formula is C21H20N2O5S. The van der Waals surface area contributed by atoms with E-state index in [4.69, 9.17) is 14.2 Å². The second-order valence-corrected chi connectivity index (χ2v) is 7.41. The number of carbonyl (C=O) groups is 1. The van der Waals surface area contributed by atoms with Crippen LogP contribution in [0.25, 0.3) is 16.6 Å². The Bertz CT molecular complexity index is 1040. The number of aliphatic hydroxyl groups is 1. The number of fused-ring (bicyclic) bond motifs is 2. The summed E-state index contributed by atoms with van der Waals surface area (Å²) in [6.07, 6.45) is 0.834. The van der Waals surface area contributed by atoms with Crippen LogP contribution in [-0.2, 0) is 9.53 Å². The second kappa shape index (κ2) is 8.48. The zero-order valence-electron chi connectivity index (χ0n) is 15.8. The van der Waals surface area contributed by atoms with Crippen LogP contribution in [-0.4, -0.2) is 47.1 Å². The van der Waals surface area contributed by atoms with Crippen LogP contribution in [0.3, 0.4) is 0 Å². The zero-order chi connectivity index (χ0) is 20.2. The average Bonchev–Trinajstić information content (AvgIpc) is 3.01. The van der Waals surface area contributed by atoms with E-state index < -0.39 is 5.97 Å². The van der Waals surface area contributed by atoms with Gasteiger partial charge in [-0.2, -0.15) is 0 Å². The summed E-state index contributed by atoms with van der Waals surface area (Å²) in [7, 11) is 1.27. The molecule has 0 spiro atoms. The van der Waals surface area contributed by atoms with E-state index in [2.05, 4.69) is 9.97 Å². The zero-order valence-corrected chi connectivity index (χ0v) is 16.6. The maximum absolute atomic E-state index is 12.3. The lowest BCUT2D eigenvalue weighted by molar-refractivity contribution is -0.133. The van der Waals surface area contributed by atoms with Gasteiger partial charge in [0.2, 0.25) is 0 Å². The number of nitrogens with one attached hydrogen (secondary N) is 1. The maximum Gasteiger partial charge on any atom is 0.345 e. The van der Waals surface area contributed by atoms with E-state index in [9.17, 15) is 9.90 Å². The highest BCUT2D eigenvalue weighted by Crippen LogP contribution is 2.35. The molecule has 2 heterocycles. The fourth-order valence-electron chi connectivity index (χ4n) is 2.98. The van der Waals surface area contributed by atoms with Crippen molar-refractivity contribution < 1.29 is 24.1 Å². The van der Waals surface area contributed by atoms with Gasteiger partial charge in [-0.25, -0.2) is 9.78 Å². The maximum atomic E-state index is 12.3. The number of aromatic nitrogens is 2. The molecule has 3 aromatic rings. The van der Waals surface area contributed by atoms with Crippen molar-refractivity contribution in [2.45, 2.75) is 11.3 Å². The van der Waals surface area contributed by atoms with Crippen LogP contribution in [0.15, 0.2) is 53.1 Å². The summed E-state index contributed by atoms with van der Waals surface area (Å²) in [6, 6.07) is 13.0. The van der Waals surface area contributed by atoms with Crippen molar-refractivity contribution >= 4 is 34.3 Å². The number of rotatable bonds is 5. The molecule has 0 saturated heterocycles. The molecule has 0 bridgehead atoms. The van der Waals surface area contributed by atoms with Gasteiger partial charge in [-0.3, -0.25) is 0 Å². The van der Waals surface area contributed by atoms with Gasteiger partial charge in [0.05, 0.1) is 37.1 Å². The number of esters is 1. The molecule has 1 aromatic heterocycles. The third-order valence-electron chi connectivity index (χ3n) is 4.40. The number of H-pyrrole nitrogens is 1. The van der Waals surface area contributed by atoms with Gasteiger partial charge in [0.25, 0.3) is 0 Å². The number of aromatic amines is 1. The highest BCUT2D eigenvalue weighted by molar-refractivity contribution is 7.99. The number of benzene rings is 2. The van der Waals surface area contributed by atoms with Crippen molar-refractivity contribution in [2.75, 3.05) is 26.1 Å². The largest absolute Gasteiger partial charge is 0.510 e. The molecule has 29 heavy (non-hydrogen) atoms. The second-order valence-electron chi connectivity index (χ2n) is 6.36. The van der Waals surface area contributed by atoms with E-state index in [0.29, 0.717) is 30.2 Å². The molecular weight excluding hydrogens is 392 g/mol. The van der Waals surface area contributed by atoms with Gasteiger partial charge in [0, 0.05) is 11.3 Å². The first-order chi connectivity index (χ1) is 14.2. The number of ether oxygens (including phenoxy) is 3. The summed E-state index contributed by atoms with van der Waals surface area (Å²) < 4.78 is 16.2. The standard InChI is InChI=1S/C21H20N2O5S/c1-26-21(25)19(20-22-14-5-2-3-6-15(14)23-20)16(24)12-29-13-7-8-17-18(11-13)28-10-4-9-27-17/h2-3,5-8,11,24H,4,9-10,12H2,1H3,(H,22,23). The first-order valence-corrected chi connectivity index (χ1v) is 10.1. The molecule has 1 aliphatic rings. The van der Waals surface area contributed by atoms with Crippen LogP contribution in [0.5, 0.6) is 11.5 Å². The van der Waals surface area contributed by atoms with Crippen molar-refractivity contribution in [3.8, 4) is 11.5 Å². The Labute approximate surface area is 171 Å². The number of hydrogen-bond donors (Lipinski definition) is 2. The quantitative estimate of drug-likeness (QED) is 0.284. The van der Waals surface area contributed by atoms with Crippen LogP contribution in [0.1, 0.15) is 12.2 Å². The summed E-state index contributed by atoms with van der Waals surface area (Å²) in [5, 5.41) is 10.7. The number of thioether (sulfide) groups is 1. The summed E-state index contributed by atoms with van der Waals surface area (Å²) in [5.41, 5.74) is 1.49. The number of imidazole rings is 1. The Hall–Kier alpha value is -3.13. The highest BCUT2D eigenvalue weighted by atomic mass is 32.2. The van der Waals surface area contributed by atoms with Crippen LogP contribution in [0, 0.1) is 0 Å². The van der Waals surface area contributed by atoms with E-state index in [1.165, 1.54) is 18.9 Å². The Kier molecular flexibility index (Phi) is 5.62. The molecule has 2 aromatic carbocycles. The molecule has 0 unspecified atom stereocenters. The van der Waals surface area contributed by atoms with E-state index in [1.54, 1.807) is 0 Å². The fraction of sp³-hybridized carbons (Fsp3) is 0.238. The predicted octanol–water partition coefficient (Wildman–Crippen LogP) is 3.96. The fourth-order valence-corrected chi connectivity index (χ4v) is 3.78. The molecule has 8 heteroatoms. The van der Waals surface area contributed by atoms with Crippen molar-refractivity contribution in [2.24, 2.45) is 0 Å². The van der Waals surface area contributed by atoms with Gasteiger partial charge in [-0.05, 0) is 30.3 Å². The highest BCUT2D eigenvalue weighted by Gasteiger charge is 2.22. The number of methoxy groups -OCH3 is 1. The van der Waals surface area contributed by atoms with Crippen LogP contribution in [0.2, 0.25) is 0 Å². The van der Waals surface area contributed by atoms with Gasteiger partial charge in [0.1, 0.15) is 17.2 Å². The van der Waals surface area contributed by atoms with Gasteiger partial charge < -0.3 is 24.3 Å². The number of carbonyl (C=O) groups excluding carboxylic acids is 1. The van der Waals surface area contributed by atoms with Gasteiger partial charge >= 0.3 is 5.97 Å². The first-order valence-electron chi connectivity index (χ1n) is 9.13. The Morgan fingerprint density at radius 3 is 2.79 bits per heavy atom. The van der Waals surface area contributed by atoms with Gasteiger partial charge in [-0.1, -0.05) is 12.1 Å². The third kappa shape index (κ3) is 4.17. The summed E-state index contributed by atoms with van der Waals surface area (Å²) in [4.78, 5) is 20.7. The molecule has 0 radical (unpaired) electrons. The van der Waals surface area contributed by atoms with Crippen molar-refractivity contribution in [1.82, 2.24) is 9.97 Å². The Balaban J connectivity index is 1.59. The molecule has 0 saturated carbocycles. The Morgan fingerprint density at radius 2 is 2.00 bits per heavy atom. The van der Waals surface area contributed by atoms with Crippen molar-refractivity contribution in [1.29, 1.82) is 0 Å². The number of aliphatic hydroxyl groups excluding tert-OH is 1. The first kappa shape index (κ1) is 19.2. The third-order valence-corrected chi connectivity index (χ3v) is 5.40. The summed E-state index contributed by atoms with van der Waals surface area (Å²) in [5.74, 6) is 1.07. The molecule has 1 aliphatic heterocycles. The van der Waals surface area contributed by atoms with Gasteiger partial charge in [0.15, 0.2) is 11.5 Å². The molecule has 0 fully saturated rings. The van der Waals surface area contributed by atoms with E-state index in [0.717, 1.165) is 16.8 Å². The molecule has 7 nitrogen and oxygen atoms in total. The lowest BCUT2D eigenvalue weighted by atomic mass is 10.2. The van der Waals surface area contributed by atoms with Gasteiger partial charge in [-0.15, -0.1) is 11.8 Å². The minimum Gasteiger partial charge on any atom is -0.510 e. The summed E-state index contributed by atoms with van der Waals surface area (Å²) in [6.45, 7) is 1.23. The number of nitrogens with zero attached hydrogens (tertiary/aromatic N) is 1.